The highest BCUT2D eigenvalue weighted by molar-refractivity contribution is 6.06. The third-order valence-electron chi connectivity index (χ3n) is 6.32. The van der Waals surface area contributed by atoms with Crippen molar-refractivity contribution in [3.8, 4) is 0 Å². The quantitative estimate of drug-likeness (QED) is 0.306. The number of nitrogens with zero attached hydrogens (tertiary/aromatic N) is 1. The first kappa shape index (κ1) is 22.4. The fourth-order valence-corrected chi connectivity index (χ4v) is 4.43. The van der Waals surface area contributed by atoms with Crippen LogP contribution in [-0.4, -0.2) is 10.8 Å². The van der Waals surface area contributed by atoms with Crippen molar-refractivity contribution in [2.24, 2.45) is 0 Å². The number of hydrogen-bond donors (Lipinski definition) is 0. The van der Waals surface area contributed by atoms with Crippen molar-refractivity contribution in [3.63, 3.8) is 0 Å². The molecule has 0 atom stereocenters. The van der Waals surface area contributed by atoms with E-state index in [1.54, 1.807) is 0 Å². The largest absolute Gasteiger partial charge is 0.280 e. The highest BCUT2D eigenvalue weighted by Crippen LogP contribution is 2.38. The zero-order valence-corrected chi connectivity index (χ0v) is 20.0. The molecule has 0 saturated carbocycles. The van der Waals surface area contributed by atoms with Crippen LogP contribution >= 0.6 is 0 Å². The van der Waals surface area contributed by atoms with Gasteiger partial charge in [0, 0.05) is 16.8 Å². The summed E-state index contributed by atoms with van der Waals surface area (Å²) in [6, 6.07) is 38.6. The highest BCUT2D eigenvalue weighted by Gasteiger charge is 2.27. The molecule has 4 aromatic rings. The molecule has 1 amide bonds. The van der Waals surface area contributed by atoms with Gasteiger partial charge in [0.1, 0.15) is 0 Å². The normalized spacial score (nSPS) is 13.7. The van der Waals surface area contributed by atoms with Crippen LogP contribution in [0.5, 0.6) is 0 Å². The van der Waals surface area contributed by atoms with Crippen LogP contribution < -0.4 is 0 Å². The van der Waals surface area contributed by atoms with Gasteiger partial charge in [-0.15, -0.1) is 0 Å². The van der Waals surface area contributed by atoms with Gasteiger partial charge in [0.2, 0.25) is 0 Å². The van der Waals surface area contributed by atoms with Crippen LogP contribution in [0.3, 0.4) is 0 Å². The molecule has 2 nitrogen and oxygen atoms in total. The van der Waals surface area contributed by atoms with Crippen LogP contribution in [0.4, 0.5) is 0 Å². The third kappa shape index (κ3) is 4.64. The lowest BCUT2D eigenvalue weighted by atomic mass is 9.98. The van der Waals surface area contributed by atoms with Crippen molar-refractivity contribution in [1.82, 2.24) is 4.90 Å². The summed E-state index contributed by atoms with van der Waals surface area (Å²) in [5.74, 6) is -0.0475. The Kier molecular flexibility index (Phi) is 6.28. The van der Waals surface area contributed by atoms with Gasteiger partial charge in [0.15, 0.2) is 0 Å². The molecule has 170 valence electrons. The SMILES string of the molecule is CC1=C(c2ccccc2)C=C(c2ccccc2)C=C(c2ccccc2)N1C(=O)c1ccc(C)cc1. The average molecular weight is 454 g/mol. The average Bonchev–Trinajstić information content (AvgIpc) is 3.07. The Labute approximate surface area is 207 Å². The first-order chi connectivity index (χ1) is 17.1. The Morgan fingerprint density at radius 2 is 1.09 bits per heavy atom. The van der Waals surface area contributed by atoms with E-state index in [0.717, 1.165) is 44.8 Å². The topological polar surface area (TPSA) is 20.3 Å². The maximum absolute atomic E-state index is 14.1. The summed E-state index contributed by atoms with van der Waals surface area (Å²) in [5, 5.41) is 0. The monoisotopic (exact) mass is 453 g/mol. The predicted octanol–water partition coefficient (Wildman–Crippen LogP) is 8.01. The van der Waals surface area contributed by atoms with Crippen molar-refractivity contribution in [1.29, 1.82) is 0 Å². The van der Waals surface area contributed by atoms with E-state index >= 15 is 0 Å². The zero-order chi connectivity index (χ0) is 24.2. The van der Waals surface area contributed by atoms with Gasteiger partial charge >= 0.3 is 0 Å². The summed E-state index contributed by atoms with van der Waals surface area (Å²) < 4.78 is 0. The molecule has 0 fully saturated rings. The maximum Gasteiger partial charge on any atom is 0.262 e. The minimum atomic E-state index is -0.0475. The second-order valence-electron chi connectivity index (χ2n) is 8.73. The fourth-order valence-electron chi connectivity index (χ4n) is 4.43. The number of aryl methyl sites for hydroxylation is 1. The van der Waals surface area contributed by atoms with Crippen molar-refractivity contribution in [2.75, 3.05) is 0 Å². The Balaban J connectivity index is 1.78. The zero-order valence-electron chi connectivity index (χ0n) is 20.0. The Morgan fingerprint density at radius 3 is 1.66 bits per heavy atom. The first-order valence-corrected chi connectivity index (χ1v) is 11.8. The van der Waals surface area contributed by atoms with Crippen LogP contribution in [0, 0.1) is 6.92 Å². The van der Waals surface area contributed by atoms with Crippen molar-refractivity contribution < 1.29 is 4.79 Å². The molecule has 35 heavy (non-hydrogen) atoms. The number of carbonyl (C=O) groups is 1. The van der Waals surface area contributed by atoms with E-state index in [9.17, 15) is 4.79 Å². The van der Waals surface area contributed by atoms with Crippen LogP contribution in [0.1, 0.15) is 39.5 Å². The second kappa shape index (κ2) is 9.82. The molecule has 2 heteroatoms. The summed E-state index contributed by atoms with van der Waals surface area (Å²) in [7, 11) is 0. The van der Waals surface area contributed by atoms with Gasteiger partial charge in [-0.2, -0.15) is 0 Å². The Bertz CT molecular complexity index is 1430. The van der Waals surface area contributed by atoms with Crippen LogP contribution in [-0.2, 0) is 0 Å². The summed E-state index contributed by atoms with van der Waals surface area (Å²) in [6.07, 6.45) is 4.33. The van der Waals surface area contributed by atoms with Crippen LogP contribution in [0.25, 0.3) is 16.8 Å². The second-order valence-corrected chi connectivity index (χ2v) is 8.73. The molecule has 1 aliphatic rings. The molecule has 0 radical (unpaired) electrons. The van der Waals surface area contributed by atoms with Gasteiger partial charge in [-0.05, 0) is 60.4 Å². The number of hydrogen-bond acceptors (Lipinski definition) is 1. The lowest BCUT2D eigenvalue weighted by molar-refractivity contribution is 0.0869. The molecule has 0 bridgehead atoms. The lowest BCUT2D eigenvalue weighted by Crippen LogP contribution is -2.28. The molecule has 1 aliphatic heterocycles. The van der Waals surface area contributed by atoms with Crippen LogP contribution in [0.2, 0.25) is 0 Å². The molecule has 5 rings (SSSR count). The molecule has 0 aromatic heterocycles. The molecule has 0 unspecified atom stereocenters. The van der Waals surface area contributed by atoms with E-state index in [1.807, 2.05) is 97.6 Å². The van der Waals surface area contributed by atoms with E-state index < -0.39 is 0 Å². The maximum atomic E-state index is 14.1. The lowest BCUT2D eigenvalue weighted by Gasteiger charge is -2.27. The molecule has 1 heterocycles. The molecular formula is C33H27NO. The van der Waals surface area contributed by atoms with Crippen LogP contribution in [0.15, 0.2) is 133 Å². The third-order valence-corrected chi connectivity index (χ3v) is 6.32. The van der Waals surface area contributed by atoms with E-state index in [1.165, 1.54) is 0 Å². The van der Waals surface area contributed by atoms with Crippen molar-refractivity contribution in [3.05, 3.63) is 161 Å². The van der Waals surface area contributed by atoms with Gasteiger partial charge in [0.25, 0.3) is 5.91 Å². The number of allylic oxidation sites excluding steroid dienone is 5. The van der Waals surface area contributed by atoms with E-state index in [0.29, 0.717) is 5.56 Å². The molecular weight excluding hydrogens is 426 g/mol. The standard InChI is InChI=1S/C33H27NO/c1-24-18-20-29(21-19-24)33(35)34-25(2)31(27-14-8-4-9-15-27)22-30(26-12-6-3-7-13-26)23-32(34)28-16-10-5-11-17-28/h3-23H,1-2H3. The fraction of sp³-hybridized carbons (Fsp3) is 0.0606. The van der Waals surface area contributed by atoms with E-state index in [2.05, 4.69) is 48.6 Å². The van der Waals surface area contributed by atoms with Crippen molar-refractivity contribution >= 4 is 22.8 Å². The van der Waals surface area contributed by atoms with E-state index in [4.69, 9.17) is 0 Å². The molecule has 4 aromatic carbocycles. The number of benzene rings is 4. The van der Waals surface area contributed by atoms with Crippen molar-refractivity contribution in [2.45, 2.75) is 13.8 Å². The van der Waals surface area contributed by atoms with Gasteiger partial charge in [-0.1, -0.05) is 109 Å². The molecule has 0 spiro atoms. The summed E-state index contributed by atoms with van der Waals surface area (Å²) >= 11 is 0. The Morgan fingerprint density at radius 1 is 0.571 bits per heavy atom. The molecule has 0 saturated heterocycles. The summed E-state index contributed by atoms with van der Waals surface area (Å²) in [6.45, 7) is 4.07. The van der Waals surface area contributed by atoms with Gasteiger partial charge in [-0.25, -0.2) is 0 Å². The first-order valence-electron chi connectivity index (χ1n) is 11.8. The minimum Gasteiger partial charge on any atom is -0.280 e. The highest BCUT2D eigenvalue weighted by atomic mass is 16.2. The minimum absolute atomic E-state index is 0.0475. The number of rotatable bonds is 4. The summed E-state index contributed by atoms with van der Waals surface area (Å²) in [5.41, 5.74) is 8.78. The van der Waals surface area contributed by atoms with E-state index in [-0.39, 0.29) is 5.91 Å². The number of amides is 1. The molecule has 0 aliphatic carbocycles. The predicted molar refractivity (Wildman–Crippen MR) is 145 cm³/mol. The number of carbonyl (C=O) groups excluding carboxylic acids is 1. The molecule has 0 N–H and O–H groups in total. The van der Waals surface area contributed by atoms with Gasteiger partial charge in [0.05, 0.1) is 5.70 Å². The summed E-state index contributed by atoms with van der Waals surface area (Å²) in [4.78, 5) is 16.0. The van der Waals surface area contributed by atoms with Gasteiger partial charge in [-0.3, -0.25) is 9.69 Å². The van der Waals surface area contributed by atoms with Gasteiger partial charge < -0.3 is 0 Å². The Hall–Kier alpha value is -4.43. The smallest absolute Gasteiger partial charge is 0.262 e.